The minimum absolute atomic E-state index is 0.0399. The van der Waals surface area contributed by atoms with Gasteiger partial charge in [0.05, 0.1) is 25.2 Å². The Kier molecular flexibility index (Phi) is 14.5. The Morgan fingerprint density at radius 2 is 1.42 bits per heavy atom. The molecule has 382 valence electrons. The summed E-state index contributed by atoms with van der Waals surface area (Å²) in [4.78, 5) is 80.1. The average Bonchev–Trinajstić information content (AvgIpc) is 4.23. The van der Waals surface area contributed by atoms with E-state index in [1.54, 1.807) is 37.7 Å². The van der Waals surface area contributed by atoms with Crippen molar-refractivity contribution in [3.63, 3.8) is 0 Å². The Balaban J connectivity index is 0.659. The molecule has 1 saturated carbocycles. The second-order valence-electron chi connectivity index (χ2n) is 20.1. The number of nitrogens with one attached hydrogen (secondary N) is 3. The van der Waals surface area contributed by atoms with Gasteiger partial charge in [-0.05, 0) is 149 Å². The molecule has 16 nitrogen and oxygen atoms in total. The van der Waals surface area contributed by atoms with Crippen molar-refractivity contribution in [2.45, 2.75) is 70.1 Å². The van der Waals surface area contributed by atoms with Crippen molar-refractivity contribution in [1.29, 1.82) is 0 Å². The van der Waals surface area contributed by atoms with Crippen LogP contribution >= 0.6 is 0 Å². The zero-order chi connectivity index (χ0) is 50.6. The van der Waals surface area contributed by atoms with Crippen LogP contribution in [0, 0.1) is 34.8 Å². The molecule has 1 atom stereocenters. The molecule has 0 radical (unpaired) electrons. The van der Waals surface area contributed by atoms with Crippen molar-refractivity contribution in [1.82, 2.24) is 25.1 Å². The fraction of sp³-hybridized carbons (Fsp3) is 0.436. The van der Waals surface area contributed by atoms with Crippen LogP contribution in [0.5, 0.6) is 23.0 Å². The molecule has 0 spiro atoms. The van der Waals surface area contributed by atoms with Crippen LogP contribution in [0.15, 0.2) is 85.2 Å². The first-order valence-corrected chi connectivity index (χ1v) is 25.4. The molecule has 1 aliphatic carbocycles. The lowest BCUT2D eigenvalue weighted by Gasteiger charge is -2.39. The lowest BCUT2D eigenvalue weighted by atomic mass is 9.90. The van der Waals surface area contributed by atoms with Gasteiger partial charge in [0, 0.05) is 86.3 Å². The van der Waals surface area contributed by atoms with Crippen LogP contribution in [-0.2, 0) is 24.0 Å². The van der Waals surface area contributed by atoms with Gasteiger partial charge in [-0.25, -0.2) is 13.8 Å². The van der Waals surface area contributed by atoms with E-state index in [9.17, 15) is 28.4 Å². The average molecular weight is 999 g/mol. The zero-order valence-electron chi connectivity index (χ0n) is 40.9. The molecular formula is C55H60F2N8O8. The van der Waals surface area contributed by atoms with Crippen LogP contribution < -0.4 is 35.1 Å². The first kappa shape index (κ1) is 49.4. The number of anilines is 3. The fourth-order valence-electron chi connectivity index (χ4n) is 10.7. The summed E-state index contributed by atoms with van der Waals surface area (Å²) < 4.78 is 47.0. The number of halogens is 2. The van der Waals surface area contributed by atoms with E-state index in [1.165, 1.54) is 36.4 Å². The number of hydrogen-bond donors (Lipinski definition) is 3. The van der Waals surface area contributed by atoms with E-state index in [2.05, 4.69) is 35.7 Å². The fourth-order valence-corrected chi connectivity index (χ4v) is 10.7. The molecule has 3 aromatic carbocycles. The first-order valence-electron chi connectivity index (χ1n) is 25.4. The summed E-state index contributed by atoms with van der Waals surface area (Å²) in [5, 5.41) is 8.34. The zero-order valence-corrected chi connectivity index (χ0v) is 40.9. The second-order valence-corrected chi connectivity index (χ2v) is 20.1. The van der Waals surface area contributed by atoms with Crippen molar-refractivity contribution < 1.29 is 47.0 Å². The van der Waals surface area contributed by atoms with Crippen LogP contribution in [0.1, 0.15) is 75.7 Å². The number of nitrogens with zero attached hydrogens (tertiary/aromatic N) is 5. The van der Waals surface area contributed by atoms with Crippen molar-refractivity contribution in [2.24, 2.45) is 23.2 Å². The Labute approximate surface area is 422 Å². The summed E-state index contributed by atoms with van der Waals surface area (Å²) in [5.41, 5.74) is 0.667. The highest BCUT2D eigenvalue weighted by Crippen LogP contribution is 2.48. The molecule has 73 heavy (non-hydrogen) atoms. The minimum Gasteiger partial charge on any atom is -0.493 e. The Morgan fingerprint density at radius 1 is 0.726 bits per heavy atom. The maximum Gasteiger partial charge on any atom is 0.240 e. The largest absolute Gasteiger partial charge is 0.493 e. The number of amides is 5. The van der Waals surface area contributed by atoms with Gasteiger partial charge in [-0.3, -0.25) is 34.3 Å². The molecule has 6 heterocycles. The number of benzene rings is 3. The first-order chi connectivity index (χ1) is 35.4. The van der Waals surface area contributed by atoms with Crippen LogP contribution in [0.25, 0.3) is 10.9 Å². The summed E-state index contributed by atoms with van der Waals surface area (Å²) in [7, 11) is 1.54. The third kappa shape index (κ3) is 11.2. The maximum absolute atomic E-state index is 15.5. The number of methoxy groups -OCH3 is 1. The van der Waals surface area contributed by atoms with Gasteiger partial charge in [-0.1, -0.05) is 0 Å². The van der Waals surface area contributed by atoms with Gasteiger partial charge >= 0.3 is 0 Å². The van der Waals surface area contributed by atoms with Crippen molar-refractivity contribution in [2.75, 3.05) is 75.1 Å². The Hall–Kier alpha value is -7.21. The number of carbonyl (C=O) groups is 5. The third-order valence-electron chi connectivity index (χ3n) is 15.3. The number of fused-ring (bicyclic) bond motifs is 1. The number of likely N-dealkylation sites (tertiary alicyclic amines) is 2. The Morgan fingerprint density at radius 3 is 2.12 bits per heavy atom. The molecule has 2 aromatic heterocycles. The predicted molar refractivity (Wildman–Crippen MR) is 268 cm³/mol. The number of pyridine rings is 2. The monoisotopic (exact) mass is 998 g/mol. The number of carbonyl (C=O) groups excluding carboxylic acids is 5. The number of aromatic nitrogens is 2. The molecule has 18 heteroatoms. The SMILES string of the molecule is COc1cc2c(Oc3ccc(NC(=O)C4(C(=O)Nc5ccc(F)cc5)CC4)cc3F)ccnc2cc1OCC1CCN(C(=O)C2CCN(CC3CCN(c4cc(C5CCC(=O)NC5=O)ccn4)CC3)CC2)CC1. The predicted octanol–water partition coefficient (Wildman–Crippen LogP) is 7.83. The molecule has 5 fully saturated rings. The molecule has 5 amide bonds. The van der Waals surface area contributed by atoms with Crippen LogP contribution in [0.4, 0.5) is 26.0 Å². The summed E-state index contributed by atoms with van der Waals surface area (Å²) >= 11 is 0. The molecule has 5 aromatic rings. The topological polar surface area (TPSA) is 185 Å². The standard InChI is InChI=1S/C55H60F2N8O8/c1-71-47-30-42-44(58-21-11-45(42)73-46-8-6-40(29-43(46)57)61-54(70)55(18-19-55)53(69)60-39-4-2-38(56)3-5-39)31-48(47)72-33-35-14-26-65(27-15-35)52(68)36-16-22-63(23-17-36)32-34-12-24-64(25-13-34)49-28-37(10-20-59-49)41-7-9-50(66)62-51(41)67/h2-6,8,10-11,20-21,28-31,34-36,41H,7,9,12-19,22-27,32-33H2,1H3,(H,60,69)(H,61,70)(H,62,66,67). The highest BCUT2D eigenvalue weighted by atomic mass is 19.1. The summed E-state index contributed by atoms with van der Waals surface area (Å²) in [6, 6.07) is 18.3. The lowest BCUT2D eigenvalue weighted by Crippen LogP contribution is -2.47. The van der Waals surface area contributed by atoms with Crippen molar-refractivity contribution in [3.05, 3.63) is 102 Å². The van der Waals surface area contributed by atoms with Gasteiger partial charge in [0.1, 0.15) is 22.8 Å². The highest BCUT2D eigenvalue weighted by molar-refractivity contribution is 6.17. The van der Waals surface area contributed by atoms with E-state index < -0.39 is 28.9 Å². The molecule has 0 bridgehead atoms. The van der Waals surface area contributed by atoms with E-state index in [0.717, 1.165) is 88.7 Å². The molecule has 5 aliphatic rings. The summed E-state index contributed by atoms with van der Waals surface area (Å²) in [6.07, 6.45) is 10.3. The maximum atomic E-state index is 15.5. The quantitative estimate of drug-likeness (QED) is 0.0684. The van der Waals surface area contributed by atoms with Gasteiger partial charge in [0.15, 0.2) is 23.1 Å². The lowest BCUT2D eigenvalue weighted by molar-refractivity contribution is -0.139. The molecular weight excluding hydrogens is 939 g/mol. The van der Waals surface area contributed by atoms with E-state index in [-0.39, 0.29) is 46.9 Å². The van der Waals surface area contributed by atoms with Crippen LogP contribution in [-0.4, -0.2) is 109 Å². The van der Waals surface area contributed by atoms with E-state index in [4.69, 9.17) is 14.2 Å². The van der Waals surface area contributed by atoms with Gasteiger partial charge in [-0.15, -0.1) is 0 Å². The highest BCUT2D eigenvalue weighted by Gasteiger charge is 2.56. The molecule has 4 saturated heterocycles. The number of piperidine rings is 4. The minimum atomic E-state index is -1.31. The molecule has 10 rings (SSSR count). The molecule has 3 N–H and O–H groups in total. The van der Waals surface area contributed by atoms with Gasteiger partial charge < -0.3 is 39.5 Å². The second kappa shape index (κ2) is 21.5. The van der Waals surface area contributed by atoms with E-state index in [1.807, 2.05) is 17.0 Å². The van der Waals surface area contributed by atoms with Crippen molar-refractivity contribution >= 4 is 57.6 Å². The number of hydrogen-bond acceptors (Lipinski definition) is 12. The normalized spacial score (nSPS) is 19.8. The summed E-state index contributed by atoms with van der Waals surface area (Å²) in [6.45, 7) is 6.50. The van der Waals surface area contributed by atoms with Crippen LogP contribution in [0.2, 0.25) is 0 Å². The van der Waals surface area contributed by atoms with E-state index >= 15 is 4.39 Å². The smallest absolute Gasteiger partial charge is 0.240 e. The van der Waals surface area contributed by atoms with Gasteiger partial charge in [-0.2, -0.15) is 0 Å². The third-order valence-corrected chi connectivity index (χ3v) is 15.3. The molecule has 1 unspecified atom stereocenters. The number of ether oxygens (including phenoxy) is 3. The molecule has 4 aliphatic heterocycles. The van der Waals surface area contributed by atoms with E-state index in [0.29, 0.717) is 85.1 Å². The van der Waals surface area contributed by atoms with Gasteiger partial charge in [0.2, 0.25) is 29.5 Å². The van der Waals surface area contributed by atoms with Crippen molar-refractivity contribution in [3.8, 4) is 23.0 Å². The number of imide groups is 1. The summed E-state index contributed by atoms with van der Waals surface area (Å²) in [5.74, 6) is 0.177. The van der Waals surface area contributed by atoms with Gasteiger partial charge in [0.25, 0.3) is 0 Å². The van der Waals surface area contributed by atoms with Crippen LogP contribution in [0.3, 0.4) is 0 Å². The Bertz CT molecular complexity index is 2880. The number of rotatable bonds is 15.